The summed E-state index contributed by atoms with van der Waals surface area (Å²) in [4.78, 5) is 19.0. The highest BCUT2D eigenvalue weighted by molar-refractivity contribution is 5.96. The zero-order valence-corrected chi connectivity index (χ0v) is 17.7. The van der Waals surface area contributed by atoms with Crippen molar-refractivity contribution in [1.82, 2.24) is 10.1 Å². The van der Waals surface area contributed by atoms with E-state index in [0.717, 1.165) is 11.3 Å². The number of carbonyl (C=O) groups is 1. The van der Waals surface area contributed by atoms with Crippen molar-refractivity contribution in [1.29, 1.82) is 0 Å². The molecule has 3 aromatic rings. The molecule has 1 fully saturated rings. The van der Waals surface area contributed by atoms with E-state index in [1.54, 1.807) is 0 Å². The first-order valence-electron chi connectivity index (χ1n) is 10.0. The van der Waals surface area contributed by atoms with Gasteiger partial charge in [0, 0.05) is 30.1 Å². The molecule has 2 aromatic carbocycles. The Hall–Kier alpha value is -2.95. The molecule has 0 radical (unpaired) electrons. The Morgan fingerprint density at radius 1 is 1.03 bits per heavy atom. The van der Waals surface area contributed by atoms with Crippen LogP contribution in [-0.4, -0.2) is 22.6 Å². The molecule has 1 amide bonds. The standard InChI is InChI=1S/C24H27N3O2/c1-15-6-11-20(12-16(15)2)27-14-18(13-21(27)28)22-25-23(29-26-22)17-7-9-19(10-8-17)24(3,4)5/h6-12,18H,13-14H2,1-5H3. The Labute approximate surface area is 171 Å². The third-order valence-corrected chi connectivity index (χ3v) is 5.73. The molecule has 2 heterocycles. The third-order valence-electron chi connectivity index (χ3n) is 5.73. The van der Waals surface area contributed by atoms with Crippen molar-refractivity contribution in [3.63, 3.8) is 0 Å². The van der Waals surface area contributed by atoms with Crippen molar-refractivity contribution < 1.29 is 9.32 Å². The van der Waals surface area contributed by atoms with Crippen molar-refractivity contribution in [3.8, 4) is 11.5 Å². The number of amides is 1. The van der Waals surface area contributed by atoms with Crippen molar-refractivity contribution in [3.05, 3.63) is 65.0 Å². The van der Waals surface area contributed by atoms with Gasteiger partial charge < -0.3 is 9.42 Å². The van der Waals surface area contributed by atoms with E-state index in [9.17, 15) is 4.79 Å². The third kappa shape index (κ3) is 3.82. The van der Waals surface area contributed by atoms with Gasteiger partial charge in [0.2, 0.25) is 5.91 Å². The molecule has 4 rings (SSSR count). The van der Waals surface area contributed by atoms with E-state index in [4.69, 9.17) is 4.52 Å². The van der Waals surface area contributed by atoms with Crippen LogP contribution in [0.15, 0.2) is 47.0 Å². The average molecular weight is 389 g/mol. The number of benzene rings is 2. The van der Waals surface area contributed by atoms with Crippen molar-refractivity contribution >= 4 is 11.6 Å². The van der Waals surface area contributed by atoms with Crippen LogP contribution in [0.3, 0.4) is 0 Å². The molecule has 0 spiro atoms. The summed E-state index contributed by atoms with van der Waals surface area (Å²) in [7, 11) is 0. The SMILES string of the molecule is Cc1ccc(N2CC(c3noc(-c4ccc(C(C)(C)C)cc4)n3)CC2=O)cc1C. The fraction of sp³-hybridized carbons (Fsp3) is 0.375. The molecule has 0 saturated carbocycles. The summed E-state index contributed by atoms with van der Waals surface area (Å²) >= 11 is 0. The van der Waals surface area contributed by atoms with Gasteiger partial charge in [-0.1, -0.05) is 44.1 Å². The van der Waals surface area contributed by atoms with Gasteiger partial charge in [-0.3, -0.25) is 4.79 Å². The fourth-order valence-corrected chi connectivity index (χ4v) is 3.65. The molecule has 5 nitrogen and oxygen atoms in total. The molecule has 1 saturated heterocycles. The Bertz CT molecular complexity index is 1040. The number of hydrogen-bond donors (Lipinski definition) is 0. The van der Waals surface area contributed by atoms with Crippen LogP contribution in [0, 0.1) is 13.8 Å². The highest BCUT2D eigenvalue weighted by atomic mass is 16.5. The molecule has 0 bridgehead atoms. The zero-order valence-electron chi connectivity index (χ0n) is 17.7. The maximum atomic E-state index is 12.6. The lowest BCUT2D eigenvalue weighted by molar-refractivity contribution is -0.117. The Kier molecular flexibility index (Phi) is 4.77. The maximum absolute atomic E-state index is 12.6. The molecule has 1 aliphatic rings. The van der Waals surface area contributed by atoms with Crippen molar-refractivity contribution in [2.24, 2.45) is 0 Å². The smallest absolute Gasteiger partial charge is 0.257 e. The van der Waals surface area contributed by atoms with Gasteiger partial charge in [0.05, 0.1) is 0 Å². The quantitative estimate of drug-likeness (QED) is 0.620. The first kappa shape index (κ1) is 19.4. The summed E-state index contributed by atoms with van der Waals surface area (Å²) in [5.74, 6) is 1.13. The summed E-state index contributed by atoms with van der Waals surface area (Å²) in [6.07, 6.45) is 0.398. The van der Waals surface area contributed by atoms with Crippen LogP contribution >= 0.6 is 0 Å². The average Bonchev–Trinajstić information content (AvgIpc) is 3.30. The van der Waals surface area contributed by atoms with Crippen LogP contribution in [0.4, 0.5) is 5.69 Å². The van der Waals surface area contributed by atoms with Crippen LogP contribution in [0.2, 0.25) is 0 Å². The first-order valence-corrected chi connectivity index (χ1v) is 10.0. The van der Waals surface area contributed by atoms with Gasteiger partial charge in [-0.05, 0) is 60.2 Å². The van der Waals surface area contributed by atoms with Crippen molar-refractivity contribution in [2.45, 2.75) is 52.4 Å². The minimum absolute atomic E-state index is 0.0598. The monoisotopic (exact) mass is 389 g/mol. The Morgan fingerprint density at radius 2 is 1.76 bits per heavy atom. The maximum Gasteiger partial charge on any atom is 0.257 e. The van der Waals surface area contributed by atoms with E-state index in [1.807, 2.05) is 23.1 Å². The molecule has 5 heteroatoms. The summed E-state index contributed by atoms with van der Waals surface area (Å²) in [5, 5.41) is 4.17. The lowest BCUT2D eigenvalue weighted by Gasteiger charge is -2.18. The van der Waals surface area contributed by atoms with Crippen LogP contribution < -0.4 is 4.90 Å². The second kappa shape index (κ2) is 7.14. The van der Waals surface area contributed by atoms with E-state index in [0.29, 0.717) is 24.7 Å². The van der Waals surface area contributed by atoms with Gasteiger partial charge in [0.1, 0.15) is 0 Å². The van der Waals surface area contributed by atoms with Gasteiger partial charge in [-0.2, -0.15) is 4.98 Å². The van der Waals surface area contributed by atoms with E-state index < -0.39 is 0 Å². The van der Waals surface area contributed by atoms with E-state index in [1.165, 1.54) is 16.7 Å². The fourth-order valence-electron chi connectivity index (χ4n) is 3.65. The predicted octanol–water partition coefficient (Wildman–Crippen LogP) is 5.17. The van der Waals surface area contributed by atoms with E-state index in [-0.39, 0.29) is 17.2 Å². The second-order valence-electron chi connectivity index (χ2n) is 8.96. The summed E-state index contributed by atoms with van der Waals surface area (Å²) in [5.41, 5.74) is 5.58. The summed E-state index contributed by atoms with van der Waals surface area (Å²) in [6, 6.07) is 14.3. The zero-order chi connectivity index (χ0) is 20.8. The predicted molar refractivity (Wildman–Crippen MR) is 114 cm³/mol. The highest BCUT2D eigenvalue weighted by Crippen LogP contribution is 2.32. The molecule has 29 heavy (non-hydrogen) atoms. The first-order chi connectivity index (χ1) is 13.7. The number of rotatable bonds is 3. The molecule has 1 aliphatic heterocycles. The minimum atomic E-state index is -0.0598. The minimum Gasteiger partial charge on any atom is -0.334 e. The molecule has 1 aromatic heterocycles. The number of carbonyl (C=O) groups excluding carboxylic acids is 1. The van der Waals surface area contributed by atoms with Crippen LogP contribution in [0.25, 0.3) is 11.5 Å². The number of nitrogens with zero attached hydrogens (tertiary/aromatic N) is 3. The molecule has 150 valence electrons. The molecular formula is C24H27N3O2. The normalized spacial score (nSPS) is 17.2. The van der Waals surface area contributed by atoms with Gasteiger partial charge in [-0.15, -0.1) is 0 Å². The van der Waals surface area contributed by atoms with Crippen molar-refractivity contribution in [2.75, 3.05) is 11.4 Å². The van der Waals surface area contributed by atoms with Gasteiger partial charge in [-0.25, -0.2) is 0 Å². The van der Waals surface area contributed by atoms with Crippen LogP contribution in [-0.2, 0) is 10.2 Å². The topological polar surface area (TPSA) is 59.2 Å². The number of aryl methyl sites for hydroxylation is 2. The number of hydrogen-bond acceptors (Lipinski definition) is 4. The van der Waals surface area contributed by atoms with Crippen LogP contribution in [0.5, 0.6) is 0 Å². The second-order valence-corrected chi connectivity index (χ2v) is 8.96. The molecular weight excluding hydrogens is 362 g/mol. The van der Waals surface area contributed by atoms with Gasteiger partial charge >= 0.3 is 0 Å². The largest absolute Gasteiger partial charge is 0.334 e. The number of anilines is 1. The molecule has 1 atom stereocenters. The van der Waals surface area contributed by atoms with Gasteiger partial charge in [0.25, 0.3) is 5.89 Å². The number of aromatic nitrogens is 2. The van der Waals surface area contributed by atoms with E-state index >= 15 is 0 Å². The highest BCUT2D eigenvalue weighted by Gasteiger charge is 2.34. The summed E-state index contributed by atoms with van der Waals surface area (Å²) in [6.45, 7) is 11.3. The van der Waals surface area contributed by atoms with E-state index in [2.05, 4.69) is 69.0 Å². The molecule has 0 N–H and O–H groups in total. The lowest BCUT2D eigenvalue weighted by atomic mass is 9.87. The molecule has 1 unspecified atom stereocenters. The lowest BCUT2D eigenvalue weighted by Crippen LogP contribution is -2.24. The Morgan fingerprint density at radius 3 is 2.41 bits per heavy atom. The summed E-state index contributed by atoms with van der Waals surface area (Å²) < 4.78 is 5.51. The Balaban J connectivity index is 1.52. The van der Waals surface area contributed by atoms with Gasteiger partial charge in [0.15, 0.2) is 5.82 Å². The molecule has 0 aliphatic carbocycles. The van der Waals surface area contributed by atoms with Crippen LogP contribution in [0.1, 0.15) is 55.6 Å².